The standard InChI is InChI=1S/C10H15F3O/c1-2-14-8-5-3-7(4-6-8)9(11)10(12)13/h7-8H,2-6H2,1H3. The summed E-state index contributed by atoms with van der Waals surface area (Å²) in [5.74, 6) is -1.81. The van der Waals surface area contributed by atoms with Gasteiger partial charge in [-0.25, -0.2) is 4.39 Å². The van der Waals surface area contributed by atoms with Crippen LogP contribution in [0.25, 0.3) is 0 Å². The molecule has 0 spiro atoms. The first-order valence-corrected chi connectivity index (χ1v) is 4.97. The van der Waals surface area contributed by atoms with Crippen molar-refractivity contribution < 1.29 is 17.9 Å². The summed E-state index contributed by atoms with van der Waals surface area (Å²) in [5.41, 5.74) is 0. The molecular formula is C10H15F3O. The zero-order valence-electron chi connectivity index (χ0n) is 8.23. The van der Waals surface area contributed by atoms with Gasteiger partial charge in [0, 0.05) is 12.5 Å². The molecule has 1 nitrogen and oxygen atoms in total. The van der Waals surface area contributed by atoms with E-state index < -0.39 is 17.8 Å². The number of hydrogen-bond donors (Lipinski definition) is 0. The molecule has 0 unspecified atom stereocenters. The lowest BCUT2D eigenvalue weighted by Crippen LogP contribution is -2.22. The number of hydrogen-bond acceptors (Lipinski definition) is 1. The van der Waals surface area contributed by atoms with Gasteiger partial charge in [0.25, 0.3) is 0 Å². The monoisotopic (exact) mass is 208 g/mol. The van der Waals surface area contributed by atoms with E-state index in [1.165, 1.54) is 0 Å². The predicted octanol–water partition coefficient (Wildman–Crippen LogP) is 3.66. The third-order valence-electron chi connectivity index (χ3n) is 2.62. The van der Waals surface area contributed by atoms with E-state index in [9.17, 15) is 13.2 Å². The largest absolute Gasteiger partial charge is 0.379 e. The molecule has 0 radical (unpaired) electrons. The maximum atomic E-state index is 12.8. The van der Waals surface area contributed by atoms with Crippen LogP contribution < -0.4 is 0 Å². The third-order valence-corrected chi connectivity index (χ3v) is 2.62. The number of halogens is 3. The number of allylic oxidation sites excluding steroid dienone is 1. The fourth-order valence-electron chi connectivity index (χ4n) is 1.87. The Kier molecular flexibility index (Phi) is 4.45. The summed E-state index contributed by atoms with van der Waals surface area (Å²) in [5, 5.41) is 0. The average Bonchev–Trinajstić information content (AvgIpc) is 2.18. The molecule has 0 aromatic carbocycles. The minimum Gasteiger partial charge on any atom is -0.379 e. The topological polar surface area (TPSA) is 9.23 Å². The molecule has 1 fully saturated rings. The van der Waals surface area contributed by atoms with Crippen LogP contribution in [0.2, 0.25) is 0 Å². The molecule has 1 aliphatic carbocycles. The molecule has 0 atom stereocenters. The summed E-state index contributed by atoms with van der Waals surface area (Å²) in [6.45, 7) is 2.53. The molecule has 0 N–H and O–H groups in total. The van der Waals surface area contributed by atoms with Gasteiger partial charge in [0.2, 0.25) is 0 Å². The first-order chi connectivity index (χ1) is 6.65. The van der Waals surface area contributed by atoms with Crippen molar-refractivity contribution in [1.29, 1.82) is 0 Å². The van der Waals surface area contributed by atoms with E-state index >= 15 is 0 Å². The predicted molar refractivity (Wildman–Crippen MR) is 47.7 cm³/mol. The fourth-order valence-corrected chi connectivity index (χ4v) is 1.87. The second-order valence-corrected chi connectivity index (χ2v) is 3.54. The van der Waals surface area contributed by atoms with E-state index in [2.05, 4.69) is 0 Å². The molecule has 0 saturated heterocycles. The van der Waals surface area contributed by atoms with Crippen molar-refractivity contribution in [1.82, 2.24) is 0 Å². The van der Waals surface area contributed by atoms with Gasteiger partial charge in [0.05, 0.1) is 6.10 Å². The van der Waals surface area contributed by atoms with Crippen molar-refractivity contribution in [2.45, 2.75) is 38.7 Å². The van der Waals surface area contributed by atoms with Crippen molar-refractivity contribution in [2.75, 3.05) is 6.61 Å². The normalized spacial score (nSPS) is 27.4. The van der Waals surface area contributed by atoms with Crippen molar-refractivity contribution in [3.8, 4) is 0 Å². The lowest BCUT2D eigenvalue weighted by molar-refractivity contribution is 0.0265. The molecule has 1 saturated carbocycles. The van der Waals surface area contributed by atoms with Crippen LogP contribution in [0.1, 0.15) is 32.6 Å². The highest BCUT2D eigenvalue weighted by molar-refractivity contribution is 4.99. The minimum absolute atomic E-state index is 0.131. The Hall–Kier alpha value is -0.510. The quantitative estimate of drug-likeness (QED) is 0.687. The summed E-state index contributed by atoms with van der Waals surface area (Å²) in [6, 6.07) is 0. The molecule has 1 rings (SSSR count). The van der Waals surface area contributed by atoms with Crippen LogP contribution in [-0.4, -0.2) is 12.7 Å². The maximum Gasteiger partial charge on any atom is 0.301 e. The second kappa shape index (κ2) is 5.39. The molecular weight excluding hydrogens is 193 g/mol. The molecule has 0 aliphatic heterocycles. The Balaban J connectivity index is 2.39. The zero-order chi connectivity index (χ0) is 10.6. The van der Waals surface area contributed by atoms with Crippen molar-refractivity contribution >= 4 is 0 Å². The van der Waals surface area contributed by atoms with Gasteiger partial charge in [-0.3, -0.25) is 0 Å². The van der Waals surface area contributed by atoms with Crippen LogP contribution >= 0.6 is 0 Å². The average molecular weight is 208 g/mol. The molecule has 0 heterocycles. The van der Waals surface area contributed by atoms with E-state index in [1.54, 1.807) is 0 Å². The Morgan fingerprint density at radius 2 is 1.71 bits per heavy atom. The lowest BCUT2D eigenvalue weighted by atomic mass is 9.87. The molecule has 14 heavy (non-hydrogen) atoms. The first kappa shape index (κ1) is 11.6. The van der Waals surface area contributed by atoms with Crippen LogP contribution in [0, 0.1) is 5.92 Å². The molecule has 1 aliphatic rings. The maximum absolute atomic E-state index is 12.8. The van der Waals surface area contributed by atoms with Crippen LogP contribution in [0.15, 0.2) is 11.9 Å². The van der Waals surface area contributed by atoms with E-state index in [0.29, 0.717) is 32.3 Å². The summed E-state index contributed by atoms with van der Waals surface area (Å²) in [7, 11) is 0. The van der Waals surface area contributed by atoms with Gasteiger partial charge < -0.3 is 4.74 Å². The second-order valence-electron chi connectivity index (χ2n) is 3.54. The van der Waals surface area contributed by atoms with Crippen molar-refractivity contribution in [2.24, 2.45) is 5.92 Å². The smallest absolute Gasteiger partial charge is 0.301 e. The van der Waals surface area contributed by atoms with Crippen LogP contribution in [0.3, 0.4) is 0 Å². The highest BCUT2D eigenvalue weighted by Crippen LogP contribution is 2.33. The van der Waals surface area contributed by atoms with Gasteiger partial charge in [0.1, 0.15) is 0 Å². The highest BCUT2D eigenvalue weighted by Gasteiger charge is 2.26. The number of rotatable bonds is 3. The summed E-state index contributed by atoms with van der Waals surface area (Å²) >= 11 is 0. The Morgan fingerprint density at radius 1 is 1.14 bits per heavy atom. The Labute approximate surface area is 81.9 Å². The van der Waals surface area contributed by atoms with Crippen molar-refractivity contribution in [3.05, 3.63) is 11.9 Å². The molecule has 0 aromatic heterocycles. The summed E-state index contributed by atoms with van der Waals surface area (Å²) < 4.78 is 42.0. The van der Waals surface area contributed by atoms with Gasteiger partial charge in [-0.05, 0) is 32.6 Å². The minimum atomic E-state index is -2.16. The van der Waals surface area contributed by atoms with Gasteiger partial charge in [-0.1, -0.05) is 0 Å². The number of ether oxygens (including phenoxy) is 1. The highest BCUT2D eigenvalue weighted by atomic mass is 19.3. The third kappa shape index (κ3) is 3.01. The van der Waals surface area contributed by atoms with E-state index in [1.807, 2.05) is 6.92 Å². The van der Waals surface area contributed by atoms with Crippen LogP contribution in [-0.2, 0) is 4.74 Å². The van der Waals surface area contributed by atoms with Crippen molar-refractivity contribution in [3.63, 3.8) is 0 Å². The Morgan fingerprint density at radius 3 is 2.14 bits per heavy atom. The SMILES string of the molecule is CCOC1CCC(C(F)=C(F)F)CC1. The van der Waals surface area contributed by atoms with E-state index in [-0.39, 0.29) is 6.10 Å². The van der Waals surface area contributed by atoms with E-state index in [4.69, 9.17) is 4.74 Å². The molecule has 82 valence electrons. The summed E-state index contributed by atoms with van der Waals surface area (Å²) in [4.78, 5) is 0. The van der Waals surface area contributed by atoms with Gasteiger partial charge in [0.15, 0.2) is 5.83 Å². The first-order valence-electron chi connectivity index (χ1n) is 4.97. The van der Waals surface area contributed by atoms with E-state index in [0.717, 1.165) is 0 Å². The lowest BCUT2D eigenvalue weighted by Gasteiger charge is -2.26. The summed E-state index contributed by atoms with van der Waals surface area (Å²) in [6.07, 6.45) is 0.261. The van der Waals surface area contributed by atoms with Crippen LogP contribution in [0.5, 0.6) is 0 Å². The van der Waals surface area contributed by atoms with Gasteiger partial charge in [-0.2, -0.15) is 8.78 Å². The fraction of sp³-hybridized carbons (Fsp3) is 0.800. The molecule has 0 amide bonds. The van der Waals surface area contributed by atoms with Gasteiger partial charge in [-0.15, -0.1) is 0 Å². The molecule has 0 bridgehead atoms. The Bertz CT molecular complexity index is 203. The van der Waals surface area contributed by atoms with Gasteiger partial charge >= 0.3 is 6.08 Å². The molecule has 4 heteroatoms. The molecule has 0 aromatic rings. The van der Waals surface area contributed by atoms with Crippen LogP contribution in [0.4, 0.5) is 13.2 Å². The zero-order valence-corrected chi connectivity index (χ0v) is 8.23.